The van der Waals surface area contributed by atoms with Crippen molar-refractivity contribution in [2.24, 2.45) is 10.8 Å². The second-order valence-corrected chi connectivity index (χ2v) is 8.50. The number of hydrogen-bond acceptors (Lipinski definition) is 0. The van der Waals surface area contributed by atoms with Gasteiger partial charge in [0.1, 0.15) is 0 Å². The van der Waals surface area contributed by atoms with Crippen LogP contribution in [0.3, 0.4) is 0 Å². The third-order valence-corrected chi connectivity index (χ3v) is 4.63. The van der Waals surface area contributed by atoms with Crippen LogP contribution in [0, 0.1) is 22.7 Å². The molecule has 0 N–H and O–H groups in total. The van der Waals surface area contributed by atoms with Crippen molar-refractivity contribution in [3.05, 3.63) is 47.6 Å². The molecule has 0 heterocycles. The van der Waals surface area contributed by atoms with E-state index in [9.17, 15) is 0 Å². The fourth-order valence-electron chi connectivity index (χ4n) is 2.97. The summed E-state index contributed by atoms with van der Waals surface area (Å²) in [6.07, 6.45) is 14.3. The van der Waals surface area contributed by atoms with Crippen molar-refractivity contribution in [2.45, 2.75) is 87.5 Å². The lowest BCUT2D eigenvalue weighted by atomic mass is 9.81. The fraction of sp³-hybridized carbons (Fsp3) is 0.600. The predicted octanol–water partition coefficient (Wildman–Crippen LogP) is 8.04. The average molecular weight is 341 g/mol. The molecule has 0 heteroatoms. The zero-order chi connectivity index (χ0) is 19.5. The molecular formula is C25H40. The van der Waals surface area contributed by atoms with Crippen LogP contribution in [-0.4, -0.2) is 0 Å². The van der Waals surface area contributed by atoms with Gasteiger partial charge in [-0.15, -0.1) is 0 Å². The Morgan fingerprint density at radius 3 is 2.08 bits per heavy atom. The molecule has 25 heavy (non-hydrogen) atoms. The van der Waals surface area contributed by atoms with E-state index in [1.165, 1.54) is 24.0 Å². The number of rotatable bonds is 3. The van der Waals surface area contributed by atoms with Crippen LogP contribution in [0.25, 0.3) is 0 Å². The highest BCUT2D eigenvalue weighted by Crippen LogP contribution is 2.44. The largest absolute Gasteiger partial charge is 0.0833 e. The summed E-state index contributed by atoms with van der Waals surface area (Å²) in [4.78, 5) is 0. The first kappa shape index (κ1) is 23.5. The third-order valence-electron chi connectivity index (χ3n) is 4.63. The zero-order valence-electron chi connectivity index (χ0n) is 18.1. The highest BCUT2D eigenvalue weighted by Gasteiger charge is 2.30. The van der Waals surface area contributed by atoms with Crippen molar-refractivity contribution in [2.75, 3.05) is 0 Å². The summed E-state index contributed by atoms with van der Waals surface area (Å²) in [5.41, 5.74) is 4.51. The molecule has 1 fully saturated rings. The molecule has 0 spiro atoms. The lowest BCUT2D eigenvalue weighted by molar-refractivity contribution is 0.275. The Morgan fingerprint density at radius 2 is 1.60 bits per heavy atom. The van der Waals surface area contributed by atoms with Crippen molar-refractivity contribution in [1.29, 1.82) is 0 Å². The van der Waals surface area contributed by atoms with Crippen LogP contribution in [0.4, 0.5) is 0 Å². The summed E-state index contributed by atoms with van der Waals surface area (Å²) >= 11 is 0. The Hall–Kier alpha value is -1.48. The standard InChI is InChI=1S/C23H34.C2H6/c1-8-19(2)11-9-12-20(3)13-10-14-21-17-22(4,5)15-16-23(6,7)18-21;1-2/h9,11-12,14H,3,8,15-18H2,1-2,4-7H3;1-2H3/b12-9-,19-11-;. The van der Waals surface area contributed by atoms with Crippen LogP contribution < -0.4 is 0 Å². The van der Waals surface area contributed by atoms with E-state index in [1.807, 2.05) is 26.0 Å². The van der Waals surface area contributed by atoms with Gasteiger partial charge in [-0.05, 0) is 62.0 Å². The SMILES string of the molecule is C=C(C#CC=C1CC(C)(C)CCC(C)(C)C1)/C=C\C=C(\C)CC.CC. The maximum absolute atomic E-state index is 4.02. The first-order chi connectivity index (χ1) is 11.6. The maximum atomic E-state index is 4.02. The van der Waals surface area contributed by atoms with Crippen LogP contribution >= 0.6 is 0 Å². The van der Waals surface area contributed by atoms with E-state index >= 15 is 0 Å². The topological polar surface area (TPSA) is 0 Å². The summed E-state index contributed by atoms with van der Waals surface area (Å²) < 4.78 is 0. The van der Waals surface area contributed by atoms with Gasteiger partial charge in [-0.25, -0.2) is 0 Å². The lowest BCUT2D eigenvalue weighted by Gasteiger charge is -2.24. The Balaban J connectivity index is 0.00000277. The molecule has 1 rings (SSSR count). The molecule has 1 saturated carbocycles. The van der Waals surface area contributed by atoms with Gasteiger partial charge in [-0.2, -0.15) is 0 Å². The molecule has 0 aromatic carbocycles. The summed E-state index contributed by atoms with van der Waals surface area (Å²) in [6, 6.07) is 0. The van der Waals surface area contributed by atoms with Crippen LogP contribution in [-0.2, 0) is 0 Å². The smallest absolute Gasteiger partial charge is 0.0176 e. The van der Waals surface area contributed by atoms with E-state index in [-0.39, 0.29) is 0 Å². The molecule has 0 atom stereocenters. The molecule has 140 valence electrons. The molecule has 0 bridgehead atoms. The quantitative estimate of drug-likeness (QED) is 0.277. The van der Waals surface area contributed by atoms with Gasteiger partial charge >= 0.3 is 0 Å². The van der Waals surface area contributed by atoms with Gasteiger partial charge in [0.15, 0.2) is 0 Å². The zero-order valence-corrected chi connectivity index (χ0v) is 18.1. The molecule has 0 aromatic heterocycles. The average Bonchev–Trinajstić information content (AvgIpc) is 2.64. The first-order valence-electron chi connectivity index (χ1n) is 9.86. The molecule has 1 aliphatic carbocycles. The van der Waals surface area contributed by atoms with Gasteiger partial charge in [0.2, 0.25) is 0 Å². The van der Waals surface area contributed by atoms with Gasteiger partial charge in [0, 0.05) is 5.57 Å². The van der Waals surface area contributed by atoms with Gasteiger partial charge < -0.3 is 0 Å². The van der Waals surface area contributed by atoms with E-state index in [0.29, 0.717) is 10.8 Å². The van der Waals surface area contributed by atoms with Crippen molar-refractivity contribution in [3.8, 4) is 11.8 Å². The van der Waals surface area contributed by atoms with Crippen molar-refractivity contribution in [3.63, 3.8) is 0 Å². The minimum absolute atomic E-state index is 0.390. The Morgan fingerprint density at radius 1 is 1.08 bits per heavy atom. The van der Waals surface area contributed by atoms with Crippen molar-refractivity contribution < 1.29 is 0 Å². The monoisotopic (exact) mass is 340 g/mol. The molecule has 0 unspecified atom stereocenters. The van der Waals surface area contributed by atoms with Crippen LogP contribution in [0.5, 0.6) is 0 Å². The maximum Gasteiger partial charge on any atom is 0.0176 e. The highest BCUT2D eigenvalue weighted by atomic mass is 14.4. The summed E-state index contributed by atoms with van der Waals surface area (Å²) in [6.45, 7) is 21.8. The van der Waals surface area contributed by atoms with E-state index in [1.54, 1.807) is 0 Å². The Kier molecular flexibility index (Phi) is 10.5. The normalized spacial score (nSPS) is 19.2. The summed E-state index contributed by atoms with van der Waals surface area (Å²) in [5.74, 6) is 6.39. The van der Waals surface area contributed by atoms with Crippen LogP contribution in [0.15, 0.2) is 47.6 Å². The number of allylic oxidation sites excluding steroid dienone is 7. The molecule has 0 radical (unpaired) electrons. The molecule has 0 saturated heterocycles. The molecular weight excluding hydrogens is 300 g/mol. The van der Waals surface area contributed by atoms with E-state index in [0.717, 1.165) is 24.8 Å². The molecule has 0 amide bonds. The summed E-state index contributed by atoms with van der Waals surface area (Å²) in [7, 11) is 0. The van der Waals surface area contributed by atoms with E-state index < -0.39 is 0 Å². The van der Waals surface area contributed by atoms with Crippen LogP contribution in [0.2, 0.25) is 0 Å². The fourth-order valence-corrected chi connectivity index (χ4v) is 2.97. The molecule has 0 nitrogen and oxygen atoms in total. The van der Waals surface area contributed by atoms with E-state index in [4.69, 9.17) is 0 Å². The van der Waals surface area contributed by atoms with Gasteiger partial charge in [-0.1, -0.05) is 90.2 Å². The van der Waals surface area contributed by atoms with Crippen molar-refractivity contribution >= 4 is 0 Å². The lowest BCUT2D eigenvalue weighted by Crippen LogP contribution is -2.12. The van der Waals surface area contributed by atoms with Gasteiger partial charge in [0.25, 0.3) is 0 Å². The highest BCUT2D eigenvalue weighted by molar-refractivity contribution is 5.40. The molecule has 0 aliphatic heterocycles. The minimum atomic E-state index is 0.390. The van der Waals surface area contributed by atoms with Gasteiger partial charge in [-0.3, -0.25) is 0 Å². The number of hydrogen-bond donors (Lipinski definition) is 0. The second-order valence-electron chi connectivity index (χ2n) is 8.50. The second kappa shape index (κ2) is 11.2. The van der Waals surface area contributed by atoms with Crippen LogP contribution in [0.1, 0.15) is 87.5 Å². The van der Waals surface area contributed by atoms with Gasteiger partial charge in [0.05, 0.1) is 0 Å². The Bertz CT molecular complexity index is 545. The third kappa shape index (κ3) is 10.9. The Labute approximate surface area is 158 Å². The van der Waals surface area contributed by atoms with Crippen molar-refractivity contribution in [1.82, 2.24) is 0 Å². The van der Waals surface area contributed by atoms with E-state index in [2.05, 4.69) is 72.1 Å². The first-order valence-corrected chi connectivity index (χ1v) is 9.86. The predicted molar refractivity (Wildman–Crippen MR) is 116 cm³/mol. The molecule has 0 aromatic rings. The minimum Gasteiger partial charge on any atom is -0.0833 e. The molecule has 1 aliphatic rings. The summed E-state index contributed by atoms with van der Waals surface area (Å²) in [5, 5.41) is 0.